The van der Waals surface area contributed by atoms with Crippen LogP contribution in [-0.2, 0) is 4.79 Å². The molecule has 0 radical (unpaired) electrons. The Morgan fingerprint density at radius 1 is 1.17 bits per heavy atom. The average Bonchev–Trinajstić information content (AvgIpc) is 2.53. The molecule has 2 rings (SSSR count). The second-order valence-corrected chi connectivity index (χ2v) is 5.48. The molecule has 0 saturated carbocycles. The Balaban J connectivity index is 1.92. The molecule has 0 aliphatic heterocycles. The van der Waals surface area contributed by atoms with Gasteiger partial charge >= 0.3 is 0 Å². The summed E-state index contributed by atoms with van der Waals surface area (Å²) in [6.45, 7) is 5.69. The number of benzene rings is 2. The van der Waals surface area contributed by atoms with Crippen LogP contribution in [0.5, 0.6) is 17.2 Å². The van der Waals surface area contributed by atoms with Gasteiger partial charge in [-0.1, -0.05) is 12.1 Å². The number of hydrogen-bond acceptors (Lipinski definition) is 5. The first kappa shape index (κ1) is 17.3. The number of carbonyl (C=O) groups is 1. The molecule has 126 valence electrons. The third-order valence-corrected chi connectivity index (χ3v) is 3.63. The van der Waals surface area contributed by atoms with E-state index in [2.05, 4.69) is 10.5 Å². The molecule has 6 heteroatoms. The average molecular weight is 328 g/mol. The summed E-state index contributed by atoms with van der Waals surface area (Å²) >= 11 is 0. The Morgan fingerprint density at radius 2 is 1.88 bits per heavy atom. The number of carbonyl (C=O) groups excluding carboxylic acids is 1. The van der Waals surface area contributed by atoms with Crippen LogP contribution in [0, 0.1) is 20.8 Å². The number of aryl methyl sites for hydroxylation is 2. The van der Waals surface area contributed by atoms with Crippen molar-refractivity contribution in [1.82, 2.24) is 5.43 Å². The molecule has 0 saturated heterocycles. The van der Waals surface area contributed by atoms with Crippen LogP contribution in [0.15, 0.2) is 35.4 Å². The van der Waals surface area contributed by atoms with Crippen molar-refractivity contribution in [2.45, 2.75) is 20.8 Å². The zero-order chi connectivity index (χ0) is 17.7. The van der Waals surface area contributed by atoms with Gasteiger partial charge in [-0.25, -0.2) is 5.43 Å². The lowest BCUT2D eigenvalue weighted by Crippen LogP contribution is -2.25. The zero-order valence-electron chi connectivity index (χ0n) is 13.8. The summed E-state index contributed by atoms with van der Waals surface area (Å²) < 4.78 is 5.58. The summed E-state index contributed by atoms with van der Waals surface area (Å²) in [6.07, 6.45) is 1.29. The molecule has 3 N–H and O–H groups in total. The summed E-state index contributed by atoms with van der Waals surface area (Å²) in [4.78, 5) is 11.8. The molecule has 0 aliphatic carbocycles. The maximum Gasteiger partial charge on any atom is 0.277 e. The van der Waals surface area contributed by atoms with Crippen molar-refractivity contribution in [2.24, 2.45) is 5.10 Å². The summed E-state index contributed by atoms with van der Waals surface area (Å²) in [5, 5.41) is 22.6. The van der Waals surface area contributed by atoms with Gasteiger partial charge < -0.3 is 14.9 Å². The Kier molecular flexibility index (Phi) is 5.42. The maximum atomic E-state index is 11.8. The molecule has 0 fully saturated rings. The predicted octanol–water partition coefficient (Wildman–Crippen LogP) is 2.55. The van der Waals surface area contributed by atoms with Crippen LogP contribution in [0.3, 0.4) is 0 Å². The van der Waals surface area contributed by atoms with Crippen molar-refractivity contribution in [2.75, 3.05) is 6.61 Å². The van der Waals surface area contributed by atoms with Crippen molar-refractivity contribution in [3.8, 4) is 17.2 Å². The van der Waals surface area contributed by atoms with Gasteiger partial charge in [-0.2, -0.15) is 5.10 Å². The second-order valence-electron chi connectivity index (χ2n) is 5.48. The van der Waals surface area contributed by atoms with Crippen molar-refractivity contribution in [1.29, 1.82) is 0 Å². The number of ether oxygens (including phenoxy) is 1. The Labute approximate surface area is 140 Å². The van der Waals surface area contributed by atoms with Crippen LogP contribution >= 0.6 is 0 Å². The highest BCUT2D eigenvalue weighted by molar-refractivity contribution is 5.85. The lowest BCUT2D eigenvalue weighted by Gasteiger charge is -2.13. The van der Waals surface area contributed by atoms with Gasteiger partial charge in [0.15, 0.2) is 6.61 Å². The smallest absolute Gasteiger partial charge is 0.277 e. The van der Waals surface area contributed by atoms with Crippen molar-refractivity contribution in [3.63, 3.8) is 0 Å². The van der Waals surface area contributed by atoms with E-state index in [1.54, 1.807) is 0 Å². The first-order valence-corrected chi connectivity index (χ1v) is 7.42. The Bertz CT molecular complexity index is 785. The fourth-order valence-corrected chi connectivity index (χ4v) is 2.13. The molecule has 0 aliphatic rings. The minimum atomic E-state index is -0.412. The summed E-state index contributed by atoms with van der Waals surface area (Å²) in [7, 11) is 0. The van der Waals surface area contributed by atoms with Crippen molar-refractivity contribution >= 4 is 12.1 Å². The van der Waals surface area contributed by atoms with E-state index in [1.807, 2.05) is 32.9 Å². The van der Waals surface area contributed by atoms with Gasteiger partial charge in [0.2, 0.25) is 0 Å². The Morgan fingerprint density at radius 3 is 2.58 bits per heavy atom. The van der Waals surface area contributed by atoms with Gasteiger partial charge in [0.25, 0.3) is 5.91 Å². The largest absolute Gasteiger partial charge is 0.508 e. The number of phenols is 2. The third kappa shape index (κ3) is 4.25. The highest BCUT2D eigenvalue weighted by atomic mass is 16.5. The lowest BCUT2D eigenvalue weighted by molar-refractivity contribution is -0.123. The number of nitrogens with zero attached hydrogens (tertiary/aromatic N) is 1. The van der Waals surface area contributed by atoms with Crippen LogP contribution in [0.2, 0.25) is 0 Å². The fraction of sp³-hybridized carbons (Fsp3) is 0.222. The standard InChI is InChI=1S/C18H20N2O4/c1-11-4-5-12(2)18(13(11)3)24-10-17(23)20-19-9-14-6-7-15(21)8-16(14)22/h4-9,21-22H,10H2,1-3H3,(H,20,23)/b19-9-. The molecule has 24 heavy (non-hydrogen) atoms. The maximum absolute atomic E-state index is 11.8. The van der Waals surface area contributed by atoms with Crippen LogP contribution in [0.1, 0.15) is 22.3 Å². The molecule has 0 aromatic heterocycles. The normalized spacial score (nSPS) is 10.8. The SMILES string of the molecule is Cc1ccc(C)c(OCC(=O)N/N=C\c2ccc(O)cc2O)c1C. The molecule has 0 atom stereocenters. The van der Waals surface area contributed by atoms with Crippen LogP contribution < -0.4 is 10.2 Å². The molecule has 2 aromatic carbocycles. The van der Waals surface area contributed by atoms with Gasteiger partial charge in [-0.05, 0) is 49.6 Å². The van der Waals surface area contributed by atoms with Crippen LogP contribution in [0.25, 0.3) is 0 Å². The molecule has 6 nitrogen and oxygen atoms in total. The number of rotatable bonds is 5. The summed E-state index contributed by atoms with van der Waals surface area (Å²) in [6, 6.07) is 8.04. The van der Waals surface area contributed by atoms with Crippen LogP contribution in [-0.4, -0.2) is 28.9 Å². The van der Waals surface area contributed by atoms with Gasteiger partial charge in [0, 0.05) is 11.6 Å². The topological polar surface area (TPSA) is 91.2 Å². The fourth-order valence-electron chi connectivity index (χ4n) is 2.13. The van der Waals surface area contributed by atoms with Crippen LogP contribution in [0.4, 0.5) is 0 Å². The van der Waals surface area contributed by atoms with Crippen molar-refractivity contribution < 1.29 is 19.7 Å². The second kappa shape index (κ2) is 7.50. The highest BCUT2D eigenvalue weighted by Gasteiger charge is 2.09. The van der Waals surface area contributed by atoms with Crippen molar-refractivity contribution in [3.05, 3.63) is 52.6 Å². The van der Waals surface area contributed by atoms with Gasteiger partial charge in [-0.3, -0.25) is 4.79 Å². The third-order valence-electron chi connectivity index (χ3n) is 3.63. The molecule has 2 aromatic rings. The highest BCUT2D eigenvalue weighted by Crippen LogP contribution is 2.25. The minimum absolute atomic E-state index is 0.0500. The zero-order valence-corrected chi connectivity index (χ0v) is 13.8. The lowest BCUT2D eigenvalue weighted by atomic mass is 10.1. The molecule has 0 spiro atoms. The molecular formula is C18H20N2O4. The first-order chi connectivity index (χ1) is 11.4. The number of nitrogens with one attached hydrogen (secondary N) is 1. The van der Waals surface area contributed by atoms with E-state index >= 15 is 0 Å². The number of hydrogen-bond donors (Lipinski definition) is 3. The molecule has 0 heterocycles. The van der Waals surface area contributed by atoms with E-state index in [0.29, 0.717) is 11.3 Å². The number of amides is 1. The van der Waals surface area contributed by atoms with E-state index < -0.39 is 5.91 Å². The number of hydrazone groups is 1. The first-order valence-electron chi connectivity index (χ1n) is 7.42. The Hall–Kier alpha value is -3.02. The van der Waals surface area contributed by atoms with E-state index in [0.717, 1.165) is 16.7 Å². The monoisotopic (exact) mass is 328 g/mol. The molecular weight excluding hydrogens is 308 g/mol. The molecule has 0 unspecified atom stereocenters. The number of phenolic OH excluding ortho intramolecular Hbond substituents is 2. The number of aromatic hydroxyl groups is 2. The minimum Gasteiger partial charge on any atom is -0.508 e. The molecule has 1 amide bonds. The van der Waals surface area contributed by atoms with Gasteiger partial charge in [0.05, 0.1) is 6.21 Å². The molecule has 0 bridgehead atoms. The van der Waals surface area contributed by atoms with Gasteiger partial charge in [0.1, 0.15) is 17.2 Å². The summed E-state index contributed by atoms with van der Waals surface area (Å²) in [5.74, 6) is 0.108. The predicted molar refractivity (Wildman–Crippen MR) is 91.7 cm³/mol. The quantitative estimate of drug-likeness (QED) is 0.581. The summed E-state index contributed by atoms with van der Waals surface area (Å²) in [5.41, 5.74) is 5.76. The van der Waals surface area contributed by atoms with Gasteiger partial charge in [-0.15, -0.1) is 0 Å². The van der Waals surface area contributed by atoms with E-state index in [1.165, 1.54) is 24.4 Å². The van der Waals surface area contributed by atoms with E-state index in [9.17, 15) is 15.0 Å². The van der Waals surface area contributed by atoms with E-state index in [4.69, 9.17) is 4.74 Å². The van der Waals surface area contributed by atoms with E-state index in [-0.39, 0.29) is 18.1 Å².